The molecule has 0 aromatic heterocycles. The maximum Gasteiger partial charge on any atom is 0.243 e. The van der Waals surface area contributed by atoms with Gasteiger partial charge in [0.25, 0.3) is 0 Å². The average molecular weight is 344 g/mol. The molecule has 2 fully saturated rings. The van der Waals surface area contributed by atoms with Crippen molar-refractivity contribution in [3.8, 4) is 0 Å². The lowest BCUT2D eigenvalue weighted by Crippen LogP contribution is -2.46. The lowest BCUT2D eigenvalue weighted by molar-refractivity contribution is -0.124. The van der Waals surface area contributed by atoms with Gasteiger partial charge in [0.1, 0.15) is 6.04 Å². The number of carbonyl (C=O) groups is 1. The number of sulfonamides is 1. The zero-order valence-corrected chi connectivity index (χ0v) is 14.1. The van der Waals surface area contributed by atoms with Crippen LogP contribution in [0.15, 0.2) is 47.4 Å². The average Bonchev–Trinajstić information content (AvgIpc) is 3.25. The monoisotopic (exact) mass is 344 g/mol. The number of rotatable bonds is 4. The van der Waals surface area contributed by atoms with Gasteiger partial charge < -0.3 is 5.32 Å². The minimum Gasteiger partial charge on any atom is -0.352 e. The Labute approximate surface area is 141 Å². The largest absolute Gasteiger partial charge is 0.352 e. The van der Waals surface area contributed by atoms with Crippen LogP contribution in [-0.2, 0) is 14.8 Å². The minimum absolute atomic E-state index is 0.153. The normalized spacial score (nSPS) is 21.9. The predicted molar refractivity (Wildman–Crippen MR) is 92.0 cm³/mol. The quantitative estimate of drug-likeness (QED) is 0.925. The molecule has 5 nitrogen and oxygen atoms in total. The van der Waals surface area contributed by atoms with Crippen molar-refractivity contribution >= 4 is 26.7 Å². The van der Waals surface area contributed by atoms with Crippen LogP contribution < -0.4 is 5.32 Å². The Morgan fingerprint density at radius 3 is 2.54 bits per heavy atom. The first kappa shape index (κ1) is 15.6. The van der Waals surface area contributed by atoms with Gasteiger partial charge in [-0.15, -0.1) is 0 Å². The molecule has 2 aromatic carbocycles. The summed E-state index contributed by atoms with van der Waals surface area (Å²) in [7, 11) is -3.67. The molecule has 0 radical (unpaired) electrons. The van der Waals surface area contributed by atoms with Gasteiger partial charge in [-0.3, -0.25) is 4.79 Å². The molecule has 24 heavy (non-hydrogen) atoms. The van der Waals surface area contributed by atoms with Crippen LogP contribution in [0.2, 0.25) is 0 Å². The SMILES string of the molecule is O=C(NC1CC1)[C@H]1CCCN1S(=O)(=O)c1ccc2ccccc2c1. The molecule has 1 atom stereocenters. The molecule has 1 aliphatic heterocycles. The molecule has 1 aliphatic carbocycles. The summed E-state index contributed by atoms with van der Waals surface area (Å²) in [6.45, 7) is 0.401. The van der Waals surface area contributed by atoms with Gasteiger partial charge in [0, 0.05) is 12.6 Å². The Morgan fingerprint density at radius 2 is 1.79 bits per heavy atom. The van der Waals surface area contributed by atoms with Crippen molar-refractivity contribution in [2.75, 3.05) is 6.54 Å². The van der Waals surface area contributed by atoms with E-state index in [4.69, 9.17) is 0 Å². The number of amides is 1. The fourth-order valence-corrected chi connectivity index (χ4v) is 4.97. The van der Waals surface area contributed by atoms with Crippen LogP contribution in [-0.4, -0.2) is 37.3 Å². The third-order valence-electron chi connectivity index (χ3n) is 4.76. The second-order valence-corrected chi connectivity index (χ2v) is 8.46. The molecule has 1 heterocycles. The van der Waals surface area contributed by atoms with E-state index in [-0.39, 0.29) is 16.8 Å². The maximum atomic E-state index is 13.0. The topological polar surface area (TPSA) is 66.5 Å². The standard InChI is InChI=1S/C18H20N2O3S/c21-18(19-15-8-9-15)17-6-3-11-20(17)24(22,23)16-10-7-13-4-1-2-5-14(13)12-16/h1-2,4-5,7,10,12,15,17H,3,6,8-9,11H2,(H,19,21)/t17-/m1/s1. The maximum absolute atomic E-state index is 13.0. The van der Waals surface area contributed by atoms with E-state index in [1.807, 2.05) is 30.3 Å². The fraction of sp³-hybridized carbons (Fsp3) is 0.389. The number of nitrogens with one attached hydrogen (secondary N) is 1. The molecule has 0 spiro atoms. The van der Waals surface area contributed by atoms with E-state index in [0.717, 1.165) is 30.0 Å². The van der Waals surface area contributed by atoms with Crippen LogP contribution in [0.5, 0.6) is 0 Å². The van der Waals surface area contributed by atoms with Crippen LogP contribution >= 0.6 is 0 Å². The Kier molecular flexibility index (Phi) is 3.81. The molecule has 1 N–H and O–H groups in total. The highest BCUT2D eigenvalue weighted by atomic mass is 32.2. The van der Waals surface area contributed by atoms with E-state index >= 15 is 0 Å². The van der Waals surface area contributed by atoms with Crippen LogP contribution in [0.3, 0.4) is 0 Å². The predicted octanol–water partition coefficient (Wildman–Crippen LogP) is 2.27. The zero-order chi connectivity index (χ0) is 16.7. The van der Waals surface area contributed by atoms with E-state index in [1.165, 1.54) is 4.31 Å². The molecule has 0 bridgehead atoms. The third-order valence-corrected chi connectivity index (χ3v) is 6.66. The number of hydrogen-bond acceptors (Lipinski definition) is 3. The minimum atomic E-state index is -3.67. The van der Waals surface area contributed by atoms with Gasteiger partial charge >= 0.3 is 0 Å². The number of fused-ring (bicyclic) bond motifs is 1. The first-order valence-corrected chi connectivity index (χ1v) is 9.81. The van der Waals surface area contributed by atoms with Gasteiger partial charge in [0.15, 0.2) is 0 Å². The number of carbonyl (C=O) groups excluding carboxylic acids is 1. The van der Waals surface area contributed by atoms with Crippen molar-refractivity contribution in [3.63, 3.8) is 0 Å². The number of hydrogen-bond donors (Lipinski definition) is 1. The van der Waals surface area contributed by atoms with Crippen molar-refractivity contribution in [3.05, 3.63) is 42.5 Å². The number of benzene rings is 2. The van der Waals surface area contributed by atoms with Gasteiger partial charge in [-0.2, -0.15) is 4.31 Å². The highest BCUT2D eigenvalue weighted by molar-refractivity contribution is 7.89. The first-order valence-electron chi connectivity index (χ1n) is 8.37. The van der Waals surface area contributed by atoms with Crippen LogP contribution in [0.1, 0.15) is 25.7 Å². The van der Waals surface area contributed by atoms with Gasteiger partial charge in [-0.05, 0) is 48.6 Å². The second-order valence-electron chi connectivity index (χ2n) is 6.57. The summed E-state index contributed by atoms with van der Waals surface area (Å²) < 4.78 is 27.5. The molecule has 1 saturated carbocycles. The fourth-order valence-electron chi connectivity index (χ4n) is 3.28. The number of nitrogens with zero attached hydrogens (tertiary/aromatic N) is 1. The third kappa shape index (κ3) is 2.80. The highest BCUT2D eigenvalue weighted by Gasteiger charge is 2.40. The summed E-state index contributed by atoms with van der Waals surface area (Å²) in [4.78, 5) is 12.6. The molecule has 1 saturated heterocycles. The molecule has 6 heteroatoms. The van der Waals surface area contributed by atoms with Gasteiger partial charge in [-0.1, -0.05) is 30.3 Å². The smallest absolute Gasteiger partial charge is 0.243 e. The summed E-state index contributed by atoms with van der Waals surface area (Å²) in [5.74, 6) is -0.153. The molecule has 1 amide bonds. The lowest BCUT2D eigenvalue weighted by atomic mass is 10.1. The molecule has 2 aliphatic rings. The van der Waals surface area contributed by atoms with Crippen molar-refractivity contribution in [2.24, 2.45) is 0 Å². The van der Waals surface area contributed by atoms with E-state index in [0.29, 0.717) is 13.0 Å². The summed E-state index contributed by atoms with van der Waals surface area (Å²) >= 11 is 0. The Balaban J connectivity index is 1.65. The molecule has 0 unspecified atom stereocenters. The molecule has 4 rings (SSSR count). The van der Waals surface area contributed by atoms with E-state index in [1.54, 1.807) is 12.1 Å². The highest BCUT2D eigenvalue weighted by Crippen LogP contribution is 2.29. The van der Waals surface area contributed by atoms with E-state index in [9.17, 15) is 13.2 Å². The van der Waals surface area contributed by atoms with Crippen LogP contribution in [0, 0.1) is 0 Å². The van der Waals surface area contributed by atoms with Gasteiger partial charge in [0.2, 0.25) is 15.9 Å². The Hall–Kier alpha value is -1.92. The summed E-state index contributed by atoms with van der Waals surface area (Å²) in [5.41, 5.74) is 0. The van der Waals surface area contributed by atoms with Gasteiger partial charge in [-0.25, -0.2) is 8.42 Å². The molecule has 126 valence electrons. The van der Waals surface area contributed by atoms with Crippen molar-refractivity contribution in [1.82, 2.24) is 9.62 Å². The van der Waals surface area contributed by atoms with Gasteiger partial charge in [0.05, 0.1) is 4.90 Å². The Bertz CT molecular complexity index is 890. The van der Waals surface area contributed by atoms with Crippen LogP contribution in [0.4, 0.5) is 0 Å². The van der Waals surface area contributed by atoms with Crippen molar-refractivity contribution in [1.29, 1.82) is 0 Å². The Morgan fingerprint density at radius 1 is 1.04 bits per heavy atom. The molecular weight excluding hydrogens is 324 g/mol. The van der Waals surface area contributed by atoms with Crippen LogP contribution in [0.25, 0.3) is 10.8 Å². The first-order chi connectivity index (χ1) is 11.6. The molecule has 2 aromatic rings. The summed E-state index contributed by atoms with van der Waals surface area (Å²) in [6.07, 6.45) is 3.30. The van der Waals surface area contributed by atoms with Crippen molar-refractivity contribution in [2.45, 2.75) is 42.7 Å². The summed E-state index contributed by atoms with van der Waals surface area (Å²) in [5, 5.41) is 4.82. The van der Waals surface area contributed by atoms with E-state index in [2.05, 4.69) is 5.32 Å². The summed E-state index contributed by atoms with van der Waals surface area (Å²) in [6, 6.07) is 12.5. The lowest BCUT2D eigenvalue weighted by Gasteiger charge is -2.23. The molecular formula is C18H20N2O3S. The zero-order valence-electron chi connectivity index (χ0n) is 13.3. The van der Waals surface area contributed by atoms with Crippen molar-refractivity contribution < 1.29 is 13.2 Å². The van der Waals surface area contributed by atoms with E-state index < -0.39 is 16.1 Å². The second kappa shape index (κ2) is 5.86.